The molecule has 34 heavy (non-hydrogen) atoms. The maximum absolute atomic E-state index is 13.2. The van der Waals surface area contributed by atoms with Gasteiger partial charge in [0.2, 0.25) is 0 Å². The predicted octanol–water partition coefficient (Wildman–Crippen LogP) is 5.33. The van der Waals surface area contributed by atoms with Gasteiger partial charge in [-0.1, -0.05) is 6.07 Å². The third kappa shape index (κ3) is 5.57. The summed E-state index contributed by atoms with van der Waals surface area (Å²) in [6.45, 7) is 0. The first-order valence-electron chi connectivity index (χ1n) is 9.23. The number of esters is 2. The molecule has 0 radical (unpaired) electrons. The molecule has 0 heterocycles. The van der Waals surface area contributed by atoms with E-state index < -0.39 is 52.6 Å². The van der Waals surface area contributed by atoms with Gasteiger partial charge in [-0.05, 0) is 54.6 Å². The van der Waals surface area contributed by atoms with Gasteiger partial charge in [-0.25, -0.2) is 9.59 Å². The Bertz CT molecular complexity index is 1250. The van der Waals surface area contributed by atoms with E-state index in [1.165, 1.54) is 12.1 Å². The Morgan fingerprint density at radius 1 is 0.676 bits per heavy atom. The van der Waals surface area contributed by atoms with E-state index >= 15 is 0 Å². The lowest BCUT2D eigenvalue weighted by Crippen LogP contribution is -2.15. The molecule has 0 bridgehead atoms. The van der Waals surface area contributed by atoms with E-state index in [-0.39, 0.29) is 16.8 Å². The summed E-state index contributed by atoms with van der Waals surface area (Å²) >= 11 is 0. The first-order chi connectivity index (χ1) is 15.8. The van der Waals surface area contributed by atoms with Crippen molar-refractivity contribution < 1.29 is 45.4 Å². The van der Waals surface area contributed by atoms with E-state index in [1.807, 2.05) is 0 Å². The largest absolute Gasteiger partial charge is 0.423 e. The van der Waals surface area contributed by atoms with Gasteiger partial charge in [0.25, 0.3) is 0 Å². The highest BCUT2D eigenvalue weighted by Gasteiger charge is 2.36. The average molecular weight is 484 g/mol. The second-order valence-corrected chi connectivity index (χ2v) is 6.86. The van der Waals surface area contributed by atoms with Gasteiger partial charge in [-0.3, -0.25) is 0 Å². The molecule has 12 heteroatoms. The van der Waals surface area contributed by atoms with Crippen LogP contribution in [0.2, 0.25) is 0 Å². The van der Waals surface area contributed by atoms with E-state index in [4.69, 9.17) is 20.9 Å². The smallest absolute Gasteiger partial charge is 0.420 e. The van der Waals surface area contributed by atoms with Crippen LogP contribution >= 0.6 is 0 Å². The molecule has 0 fully saturated rings. The first kappa shape index (κ1) is 24.4. The Morgan fingerprint density at radius 2 is 1.26 bits per heavy atom. The number of ether oxygens (including phenoxy) is 2. The van der Waals surface area contributed by atoms with Gasteiger partial charge in [0, 0.05) is 11.4 Å². The number of halogens is 6. The average Bonchev–Trinajstić information content (AvgIpc) is 2.75. The van der Waals surface area contributed by atoms with E-state index in [1.54, 1.807) is 0 Å². The third-order valence-corrected chi connectivity index (χ3v) is 4.39. The topological polar surface area (TPSA) is 105 Å². The summed E-state index contributed by atoms with van der Waals surface area (Å²) in [6.07, 6.45) is -9.64. The van der Waals surface area contributed by atoms with Crippen LogP contribution in [0.1, 0.15) is 31.8 Å². The SMILES string of the molecule is Nc1ccc(OC(=O)c2cccc(C(=O)Oc3ccc(N)c(C(F)(F)F)c3)c2)c(C(F)(F)F)c1. The zero-order valence-electron chi connectivity index (χ0n) is 16.8. The second-order valence-electron chi connectivity index (χ2n) is 6.86. The Hall–Kier alpha value is -4.22. The maximum atomic E-state index is 13.2. The van der Waals surface area contributed by atoms with Crippen molar-refractivity contribution in [3.8, 4) is 11.5 Å². The monoisotopic (exact) mass is 484 g/mol. The molecular formula is C22H14F6N2O4. The molecule has 178 valence electrons. The fraction of sp³-hybridized carbons (Fsp3) is 0.0909. The highest BCUT2D eigenvalue weighted by Crippen LogP contribution is 2.38. The zero-order chi connectivity index (χ0) is 25.3. The number of carbonyl (C=O) groups is 2. The van der Waals surface area contributed by atoms with Crippen LogP contribution in [-0.2, 0) is 12.4 Å². The minimum atomic E-state index is -4.86. The van der Waals surface area contributed by atoms with Crippen LogP contribution in [0.5, 0.6) is 11.5 Å². The van der Waals surface area contributed by atoms with Crippen molar-refractivity contribution in [2.75, 3.05) is 11.5 Å². The number of anilines is 2. The summed E-state index contributed by atoms with van der Waals surface area (Å²) < 4.78 is 88.3. The predicted molar refractivity (Wildman–Crippen MR) is 108 cm³/mol. The van der Waals surface area contributed by atoms with Crippen LogP contribution in [0.25, 0.3) is 0 Å². The highest BCUT2D eigenvalue weighted by atomic mass is 19.4. The fourth-order valence-electron chi connectivity index (χ4n) is 2.80. The summed E-state index contributed by atoms with van der Waals surface area (Å²) in [6, 6.07) is 9.57. The van der Waals surface area contributed by atoms with Crippen molar-refractivity contribution >= 4 is 23.3 Å². The summed E-state index contributed by atoms with van der Waals surface area (Å²) in [5.41, 5.74) is 6.81. The molecule has 3 aromatic carbocycles. The van der Waals surface area contributed by atoms with Gasteiger partial charge in [-0.15, -0.1) is 0 Å². The number of rotatable bonds is 4. The van der Waals surface area contributed by atoms with Crippen molar-refractivity contribution in [1.82, 2.24) is 0 Å². The number of alkyl halides is 6. The number of hydrogen-bond acceptors (Lipinski definition) is 6. The second kappa shape index (κ2) is 8.96. The van der Waals surface area contributed by atoms with E-state index in [9.17, 15) is 35.9 Å². The van der Waals surface area contributed by atoms with Crippen LogP contribution in [0, 0.1) is 0 Å². The van der Waals surface area contributed by atoms with E-state index in [2.05, 4.69) is 0 Å². The quantitative estimate of drug-likeness (QED) is 0.225. The Kier molecular flexibility index (Phi) is 6.44. The van der Waals surface area contributed by atoms with Gasteiger partial charge in [0.15, 0.2) is 0 Å². The van der Waals surface area contributed by atoms with Gasteiger partial charge in [-0.2, -0.15) is 26.3 Å². The molecule has 0 atom stereocenters. The minimum Gasteiger partial charge on any atom is -0.423 e. The Labute approximate surface area is 187 Å². The Balaban J connectivity index is 1.82. The highest BCUT2D eigenvalue weighted by molar-refractivity contribution is 5.97. The molecule has 0 amide bonds. The van der Waals surface area contributed by atoms with Gasteiger partial charge >= 0.3 is 24.3 Å². The standard InChI is InChI=1S/C22H14F6N2O4/c23-21(24,25)15-10-14(5-6-17(15)30)33-19(31)11-2-1-3-12(8-11)20(32)34-18-7-4-13(29)9-16(18)22(26,27)28/h1-10H,29-30H2. The number of benzene rings is 3. The Morgan fingerprint density at radius 3 is 1.85 bits per heavy atom. The molecule has 0 unspecified atom stereocenters. The van der Waals surface area contributed by atoms with Crippen LogP contribution in [0.3, 0.4) is 0 Å². The lowest BCUT2D eigenvalue weighted by molar-refractivity contribution is -0.138. The molecule has 0 aliphatic heterocycles. The summed E-state index contributed by atoms with van der Waals surface area (Å²) in [5.74, 6) is -3.62. The molecule has 0 spiro atoms. The fourth-order valence-corrected chi connectivity index (χ4v) is 2.80. The summed E-state index contributed by atoms with van der Waals surface area (Å²) in [4.78, 5) is 24.8. The molecule has 0 aromatic heterocycles. The number of carbonyl (C=O) groups excluding carboxylic acids is 2. The summed E-state index contributed by atoms with van der Waals surface area (Å²) in [5, 5.41) is 0. The van der Waals surface area contributed by atoms with Gasteiger partial charge in [0.1, 0.15) is 17.1 Å². The molecule has 0 saturated heterocycles. The van der Waals surface area contributed by atoms with E-state index in [0.29, 0.717) is 12.1 Å². The number of hydrogen-bond donors (Lipinski definition) is 2. The molecule has 0 aliphatic rings. The number of nitrogens with two attached hydrogens (primary N) is 2. The third-order valence-electron chi connectivity index (χ3n) is 4.39. The molecule has 6 nitrogen and oxygen atoms in total. The van der Waals surface area contributed by atoms with Gasteiger partial charge in [0.05, 0.1) is 16.7 Å². The maximum Gasteiger partial charge on any atom is 0.420 e. The molecule has 3 rings (SSSR count). The van der Waals surface area contributed by atoms with Crippen LogP contribution in [0.15, 0.2) is 60.7 Å². The lowest BCUT2D eigenvalue weighted by atomic mass is 10.1. The van der Waals surface area contributed by atoms with Crippen molar-refractivity contribution in [2.45, 2.75) is 12.4 Å². The van der Waals surface area contributed by atoms with Crippen molar-refractivity contribution in [3.63, 3.8) is 0 Å². The van der Waals surface area contributed by atoms with Crippen molar-refractivity contribution in [2.24, 2.45) is 0 Å². The lowest BCUT2D eigenvalue weighted by Gasteiger charge is -2.14. The van der Waals surface area contributed by atoms with Crippen LogP contribution in [0.4, 0.5) is 37.7 Å². The molecular weight excluding hydrogens is 470 g/mol. The van der Waals surface area contributed by atoms with Gasteiger partial charge < -0.3 is 20.9 Å². The van der Waals surface area contributed by atoms with Crippen LogP contribution < -0.4 is 20.9 Å². The van der Waals surface area contributed by atoms with Crippen molar-refractivity contribution in [1.29, 1.82) is 0 Å². The molecule has 0 aliphatic carbocycles. The number of nitrogen functional groups attached to an aromatic ring is 2. The minimum absolute atomic E-state index is 0.201. The molecule has 4 N–H and O–H groups in total. The molecule has 0 saturated carbocycles. The first-order valence-corrected chi connectivity index (χ1v) is 9.23. The normalized spacial score (nSPS) is 11.7. The van der Waals surface area contributed by atoms with Crippen LogP contribution in [-0.4, -0.2) is 11.9 Å². The van der Waals surface area contributed by atoms with Crippen molar-refractivity contribution in [3.05, 3.63) is 82.9 Å². The molecule has 3 aromatic rings. The zero-order valence-corrected chi connectivity index (χ0v) is 16.8. The summed E-state index contributed by atoms with van der Waals surface area (Å²) in [7, 11) is 0. The van der Waals surface area contributed by atoms with E-state index in [0.717, 1.165) is 36.4 Å².